The third kappa shape index (κ3) is 2.78. The number of halogens is 2. The minimum Gasteiger partial charge on any atom is -0.337 e. The second kappa shape index (κ2) is 6.41. The van der Waals surface area contributed by atoms with Gasteiger partial charge in [-0.1, -0.05) is 29.3 Å². The summed E-state index contributed by atoms with van der Waals surface area (Å²) in [5.74, 6) is -0.320. The van der Waals surface area contributed by atoms with E-state index >= 15 is 0 Å². The van der Waals surface area contributed by atoms with Gasteiger partial charge in [0, 0.05) is 24.9 Å². The van der Waals surface area contributed by atoms with Crippen LogP contribution in [0.25, 0.3) is 0 Å². The Bertz CT molecular complexity index is 702. The molecule has 0 bridgehead atoms. The lowest BCUT2D eigenvalue weighted by molar-refractivity contribution is -0.111. The van der Waals surface area contributed by atoms with Crippen LogP contribution in [0, 0.1) is 5.92 Å². The highest BCUT2D eigenvalue weighted by Crippen LogP contribution is 2.35. The predicted molar refractivity (Wildman–Crippen MR) is 89.0 cm³/mol. The van der Waals surface area contributed by atoms with Crippen molar-refractivity contribution in [2.75, 3.05) is 13.1 Å². The molecule has 1 fully saturated rings. The molecule has 1 amide bonds. The molecule has 2 atom stereocenters. The van der Waals surface area contributed by atoms with Gasteiger partial charge in [-0.05, 0) is 34.5 Å². The number of rotatable bonds is 3. The first-order valence-corrected chi connectivity index (χ1v) is 8.52. The molecular weight excluding hydrogens is 341 g/mol. The van der Waals surface area contributed by atoms with Gasteiger partial charge in [-0.3, -0.25) is 4.79 Å². The van der Waals surface area contributed by atoms with Crippen LogP contribution in [0.3, 0.4) is 0 Å². The molecule has 1 aromatic heterocycles. The smallest absolute Gasteiger partial charge is 0.255 e. The van der Waals surface area contributed by atoms with E-state index in [1.165, 1.54) is 0 Å². The van der Waals surface area contributed by atoms with Crippen LogP contribution in [0.15, 0.2) is 35.0 Å². The number of hydrogen-bond donors (Lipinski definition) is 0. The number of carbonyl (C=O) groups is 2. The van der Waals surface area contributed by atoms with Crippen molar-refractivity contribution >= 4 is 46.7 Å². The molecule has 6 heteroatoms. The van der Waals surface area contributed by atoms with E-state index in [2.05, 4.69) is 0 Å². The average molecular weight is 354 g/mol. The van der Waals surface area contributed by atoms with E-state index < -0.39 is 0 Å². The third-order valence-electron chi connectivity index (χ3n) is 3.98. The van der Waals surface area contributed by atoms with Crippen LogP contribution in [0.4, 0.5) is 0 Å². The standard InChI is InChI=1S/C16H13Cl2NO2S/c17-14-3-1-2-12(15(14)18)16(21)19-6-11(8-20)13(7-19)10-4-5-22-9-10/h1-5,8-9,11,13H,6-7H2. The van der Waals surface area contributed by atoms with Crippen molar-refractivity contribution in [1.29, 1.82) is 0 Å². The highest BCUT2D eigenvalue weighted by atomic mass is 35.5. The first-order chi connectivity index (χ1) is 10.6. The van der Waals surface area contributed by atoms with Gasteiger partial charge in [0.15, 0.2) is 0 Å². The summed E-state index contributed by atoms with van der Waals surface area (Å²) < 4.78 is 0. The van der Waals surface area contributed by atoms with Crippen molar-refractivity contribution in [2.45, 2.75) is 5.92 Å². The van der Waals surface area contributed by atoms with Crippen molar-refractivity contribution < 1.29 is 9.59 Å². The van der Waals surface area contributed by atoms with Gasteiger partial charge < -0.3 is 9.69 Å². The van der Waals surface area contributed by atoms with E-state index in [1.54, 1.807) is 34.4 Å². The lowest BCUT2D eigenvalue weighted by Crippen LogP contribution is -2.29. The van der Waals surface area contributed by atoms with Gasteiger partial charge >= 0.3 is 0 Å². The molecule has 0 spiro atoms. The Morgan fingerprint density at radius 3 is 2.77 bits per heavy atom. The van der Waals surface area contributed by atoms with Gasteiger partial charge in [-0.25, -0.2) is 0 Å². The largest absolute Gasteiger partial charge is 0.337 e. The topological polar surface area (TPSA) is 37.4 Å². The van der Waals surface area contributed by atoms with Crippen molar-refractivity contribution in [2.24, 2.45) is 5.92 Å². The lowest BCUT2D eigenvalue weighted by atomic mass is 9.92. The molecule has 2 unspecified atom stereocenters. The fourth-order valence-electron chi connectivity index (χ4n) is 2.81. The molecule has 3 nitrogen and oxygen atoms in total. The first kappa shape index (κ1) is 15.5. The summed E-state index contributed by atoms with van der Waals surface area (Å²) in [7, 11) is 0. The van der Waals surface area contributed by atoms with Gasteiger partial charge in [0.25, 0.3) is 5.91 Å². The van der Waals surface area contributed by atoms with Crippen molar-refractivity contribution in [3.8, 4) is 0 Å². The van der Waals surface area contributed by atoms with Crippen LogP contribution in [0.1, 0.15) is 21.8 Å². The van der Waals surface area contributed by atoms with Crippen LogP contribution >= 0.6 is 34.5 Å². The van der Waals surface area contributed by atoms with Crippen LogP contribution in [0.2, 0.25) is 10.0 Å². The van der Waals surface area contributed by atoms with Crippen molar-refractivity contribution in [3.05, 3.63) is 56.2 Å². The summed E-state index contributed by atoms with van der Waals surface area (Å²) in [6.45, 7) is 0.924. The maximum atomic E-state index is 12.7. The second-order valence-electron chi connectivity index (χ2n) is 5.27. The summed E-state index contributed by atoms with van der Waals surface area (Å²) in [4.78, 5) is 25.7. The molecule has 0 N–H and O–H groups in total. The summed E-state index contributed by atoms with van der Waals surface area (Å²) in [5, 5.41) is 4.63. The highest BCUT2D eigenvalue weighted by Gasteiger charge is 2.37. The average Bonchev–Trinajstić information content (AvgIpc) is 3.17. The lowest BCUT2D eigenvalue weighted by Gasteiger charge is -2.17. The summed E-state index contributed by atoms with van der Waals surface area (Å²) in [6, 6.07) is 7.01. The highest BCUT2D eigenvalue weighted by molar-refractivity contribution is 7.08. The number of aldehydes is 1. The zero-order valence-electron chi connectivity index (χ0n) is 11.5. The second-order valence-corrected chi connectivity index (χ2v) is 6.84. The molecule has 1 aromatic carbocycles. The SMILES string of the molecule is O=CC1CN(C(=O)c2cccc(Cl)c2Cl)CC1c1ccsc1. The number of amides is 1. The van der Waals surface area contributed by atoms with E-state index in [4.69, 9.17) is 23.2 Å². The zero-order chi connectivity index (χ0) is 15.7. The monoisotopic (exact) mass is 353 g/mol. The summed E-state index contributed by atoms with van der Waals surface area (Å²) in [6.07, 6.45) is 0.940. The molecule has 1 saturated heterocycles. The van der Waals surface area contributed by atoms with E-state index in [9.17, 15) is 9.59 Å². The number of benzene rings is 1. The zero-order valence-corrected chi connectivity index (χ0v) is 13.9. The Balaban J connectivity index is 1.85. The Morgan fingerprint density at radius 2 is 2.09 bits per heavy atom. The van der Waals surface area contributed by atoms with Crippen LogP contribution in [0.5, 0.6) is 0 Å². The molecule has 22 heavy (non-hydrogen) atoms. The maximum absolute atomic E-state index is 12.7. The minimum absolute atomic E-state index is 0.0469. The minimum atomic E-state index is -0.184. The Kier molecular flexibility index (Phi) is 4.52. The van der Waals surface area contributed by atoms with E-state index in [0.29, 0.717) is 23.7 Å². The molecule has 0 saturated carbocycles. The Labute approximate surface area is 142 Å². The van der Waals surface area contributed by atoms with Gasteiger partial charge in [0.05, 0.1) is 15.6 Å². The quantitative estimate of drug-likeness (QED) is 0.778. The maximum Gasteiger partial charge on any atom is 0.255 e. The van der Waals surface area contributed by atoms with Gasteiger partial charge in [-0.2, -0.15) is 11.3 Å². The van der Waals surface area contributed by atoms with Gasteiger partial charge in [-0.15, -0.1) is 0 Å². The normalized spacial score (nSPS) is 21.1. The molecule has 2 aromatic rings. The van der Waals surface area contributed by atoms with Crippen molar-refractivity contribution in [1.82, 2.24) is 4.90 Å². The summed E-state index contributed by atoms with van der Waals surface area (Å²) in [5.41, 5.74) is 1.49. The van der Waals surface area contributed by atoms with E-state index in [1.807, 2.05) is 16.8 Å². The number of hydrogen-bond acceptors (Lipinski definition) is 3. The van der Waals surface area contributed by atoms with Crippen LogP contribution in [-0.4, -0.2) is 30.2 Å². The molecular formula is C16H13Cl2NO2S. The molecule has 0 aliphatic carbocycles. The molecule has 0 radical (unpaired) electrons. The van der Waals surface area contributed by atoms with E-state index in [0.717, 1.165) is 11.8 Å². The molecule has 1 aliphatic heterocycles. The van der Waals surface area contributed by atoms with Gasteiger partial charge in [0.2, 0.25) is 0 Å². The van der Waals surface area contributed by atoms with E-state index in [-0.39, 0.29) is 22.8 Å². The molecule has 114 valence electrons. The van der Waals surface area contributed by atoms with Gasteiger partial charge in [0.1, 0.15) is 6.29 Å². The fraction of sp³-hybridized carbons (Fsp3) is 0.250. The molecule has 1 aliphatic rings. The number of likely N-dealkylation sites (tertiary alicyclic amines) is 1. The number of thiophene rings is 1. The van der Waals surface area contributed by atoms with Crippen LogP contribution in [-0.2, 0) is 4.79 Å². The Morgan fingerprint density at radius 1 is 1.27 bits per heavy atom. The fourth-order valence-corrected chi connectivity index (χ4v) is 3.92. The van der Waals surface area contributed by atoms with Crippen LogP contribution < -0.4 is 0 Å². The van der Waals surface area contributed by atoms with Crippen molar-refractivity contribution in [3.63, 3.8) is 0 Å². The molecule has 2 heterocycles. The number of nitrogens with zero attached hydrogens (tertiary/aromatic N) is 1. The first-order valence-electron chi connectivity index (χ1n) is 6.82. The Hall–Kier alpha value is -1.36. The predicted octanol–water partition coefficient (Wildman–Crippen LogP) is 4.11. The molecule has 3 rings (SSSR count). The third-order valence-corrected chi connectivity index (χ3v) is 5.50. The number of carbonyl (C=O) groups excluding carboxylic acids is 2. The summed E-state index contributed by atoms with van der Waals surface area (Å²) >= 11 is 13.7.